The molecule has 6 heteroatoms. The van der Waals surface area contributed by atoms with Crippen LogP contribution in [0.1, 0.15) is 0 Å². The minimum Gasteiger partial charge on any atom is -0.357 e. The quantitative estimate of drug-likeness (QED) is 0.771. The number of para-hydroxylation sites is 1. The van der Waals surface area contributed by atoms with Crippen molar-refractivity contribution in [3.63, 3.8) is 0 Å². The van der Waals surface area contributed by atoms with Crippen molar-refractivity contribution in [3.8, 4) is 0 Å². The van der Waals surface area contributed by atoms with Gasteiger partial charge in [-0.2, -0.15) is 4.98 Å². The van der Waals surface area contributed by atoms with Crippen molar-refractivity contribution in [1.82, 2.24) is 9.97 Å². The molecule has 0 fully saturated rings. The summed E-state index contributed by atoms with van der Waals surface area (Å²) in [6.07, 6.45) is 0. The van der Waals surface area contributed by atoms with Crippen LogP contribution in [0.15, 0.2) is 42.5 Å². The lowest BCUT2D eigenvalue weighted by molar-refractivity contribution is 0.512. The summed E-state index contributed by atoms with van der Waals surface area (Å²) in [6, 6.07) is 11.3. The van der Waals surface area contributed by atoms with Gasteiger partial charge in [-0.05, 0) is 24.3 Å². The van der Waals surface area contributed by atoms with Crippen LogP contribution in [0.2, 0.25) is 0 Å². The van der Waals surface area contributed by atoms with E-state index in [1.165, 1.54) is 12.1 Å². The number of aromatic nitrogens is 2. The van der Waals surface area contributed by atoms with Crippen LogP contribution < -0.4 is 10.6 Å². The molecule has 0 aliphatic rings. The summed E-state index contributed by atoms with van der Waals surface area (Å²) in [5, 5.41) is 6.39. The molecule has 2 N–H and O–H groups in total. The first-order valence-electron chi connectivity index (χ1n) is 6.34. The third-order valence-electron chi connectivity index (χ3n) is 3.03. The Labute approximate surface area is 119 Å². The van der Waals surface area contributed by atoms with E-state index in [0.29, 0.717) is 17.3 Å². The smallest absolute Gasteiger partial charge is 0.224 e. The molecule has 21 heavy (non-hydrogen) atoms. The molecule has 0 aliphatic carbocycles. The van der Waals surface area contributed by atoms with Crippen molar-refractivity contribution in [2.24, 2.45) is 0 Å². The van der Waals surface area contributed by atoms with E-state index in [0.717, 1.165) is 11.5 Å². The molecule has 4 nitrogen and oxygen atoms in total. The second kappa shape index (κ2) is 5.32. The molecule has 0 radical (unpaired) electrons. The summed E-state index contributed by atoms with van der Waals surface area (Å²) in [5.41, 5.74) is 0.733. The van der Waals surface area contributed by atoms with Gasteiger partial charge in [0.15, 0.2) is 11.6 Å². The SMILES string of the molecule is CNc1nc(Nc2cccc(F)c2F)c2ccccc2n1. The summed E-state index contributed by atoms with van der Waals surface area (Å²) in [7, 11) is 1.69. The molecule has 0 saturated carbocycles. The minimum atomic E-state index is -0.939. The molecule has 106 valence electrons. The van der Waals surface area contributed by atoms with E-state index in [1.807, 2.05) is 24.3 Å². The number of benzene rings is 2. The van der Waals surface area contributed by atoms with Gasteiger partial charge in [0.2, 0.25) is 5.95 Å². The molecule has 0 spiro atoms. The van der Waals surface area contributed by atoms with Gasteiger partial charge < -0.3 is 10.6 Å². The summed E-state index contributed by atoms with van der Waals surface area (Å²) in [4.78, 5) is 8.57. The average Bonchev–Trinajstić information content (AvgIpc) is 2.51. The highest BCUT2D eigenvalue weighted by atomic mass is 19.2. The summed E-state index contributed by atoms with van der Waals surface area (Å²) < 4.78 is 27.1. The maximum atomic E-state index is 13.8. The van der Waals surface area contributed by atoms with Crippen LogP contribution in [0.5, 0.6) is 0 Å². The zero-order chi connectivity index (χ0) is 14.8. The number of nitrogens with one attached hydrogen (secondary N) is 2. The average molecular weight is 286 g/mol. The first-order chi connectivity index (χ1) is 10.2. The van der Waals surface area contributed by atoms with E-state index in [2.05, 4.69) is 20.6 Å². The van der Waals surface area contributed by atoms with Gasteiger partial charge in [0.25, 0.3) is 0 Å². The first kappa shape index (κ1) is 13.2. The van der Waals surface area contributed by atoms with E-state index < -0.39 is 11.6 Å². The second-order valence-electron chi connectivity index (χ2n) is 4.39. The van der Waals surface area contributed by atoms with Gasteiger partial charge in [0.1, 0.15) is 5.82 Å². The van der Waals surface area contributed by atoms with Crippen LogP contribution in [0.25, 0.3) is 10.9 Å². The van der Waals surface area contributed by atoms with Gasteiger partial charge in [-0.3, -0.25) is 0 Å². The Balaban J connectivity index is 2.13. The van der Waals surface area contributed by atoms with Gasteiger partial charge in [0.05, 0.1) is 11.2 Å². The zero-order valence-corrected chi connectivity index (χ0v) is 11.2. The molecule has 1 heterocycles. The topological polar surface area (TPSA) is 49.8 Å². The molecule has 0 atom stereocenters. The summed E-state index contributed by atoms with van der Waals surface area (Å²) in [5.74, 6) is -1.04. The van der Waals surface area contributed by atoms with Crippen molar-refractivity contribution in [2.45, 2.75) is 0 Å². The van der Waals surface area contributed by atoms with Crippen LogP contribution in [0.4, 0.5) is 26.2 Å². The van der Waals surface area contributed by atoms with Gasteiger partial charge >= 0.3 is 0 Å². The highest BCUT2D eigenvalue weighted by molar-refractivity contribution is 5.91. The largest absolute Gasteiger partial charge is 0.357 e. The van der Waals surface area contributed by atoms with Crippen LogP contribution >= 0.6 is 0 Å². The van der Waals surface area contributed by atoms with Crippen molar-refractivity contribution >= 4 is 28.4 Å². The molecule has 0 bridgehead atoms. The van der Waals surface area contributed by atoms with Gasteiger partial charge in [-0.1, -0.05) is 18.2 Å². The molecular formula is C15H12F2N4. The van der Waals surface area contributed by atoms with Crippen LogP contribution in [0.3, 0.4) is 0 Å². The molecular weight excluding hydrogens is 274 g/mol. The van der Waals surface area contributed by atoms with Gasteiger partial charge in [-0.15, -0.1) is 0 Å². The Morgan fingerprint density at radius 1 is 0.952 bits per heavy atom. The molecule has 0 unspecified atom stereocenters. The second-order valence-corrected chi connectivity index (χ2v) is 4.39. The van der Waals surface area contributed by atoms with E-state index in [4.69, 9.17) is 0 Å². The van der Waals surface area contributed by atoms with Crippen molar-refractivity contribution < 1.29 is 8.78 Å². The Morgan fingerprint density at radius 3 is 2.57 bits per heavy atom. The molecule has 0 saturated heterocycles. The zero-order valence-electron chi connectivity index (χ0n) is 11.2. The Bertz CT molecular complexity index is 805. The highest BCUT2D eigenvalue weighted by Gasteiger charge is 2.11. The Kier molecular flexibility index (Phi) is 3.35. The predicted octanol–water partition coefficient (Wildman–Crippen LogP) is 3.69. The number of hydrogen-bond donors (Lipinski definition) is 2. The highest BCUT2D eigenvalue weighted by Crippen LogP contribution is 2.27. The van der Waals surface area contributed by atoms with E-state index in [-0.39, 0.29) is 5.69 Å². The molecule has 1 aromatic heterocycles. The van der Waals surface area contributed by atoms with Crippen LogP contribution in [-0.2, 0) is 0 Å². The lowest BCUT2D eigenvalue weighted by Gasteiger charge is -2.11. The standard InChI is InChI=1S/C15H12F2N4/c1-18-15-20-11-7-3-2-5-9(11)14(21-15)19-12-8-4-6-10(16)13(12)17/h2-8H,1H3,(H2,18,19,20,21). The number of anilines is 3. The lowest BCUT2D eigenvalue weighted by Crippen LogP contribution is -2.03. The minimum absolute atomic E-state index is 0.0286. The van der Waals surface area contributed by atoms with Gasteiger partial charge in [-0.25, -0.2) is 13.8 Å². The normalized spacial score (nSPS) is 10.6. The number of hydrogen-bond acceptors (Lipinski definition) is 4. The Morgan fingerprint density at radius 2 is 1.76 bits per heavy atom. The maximum absolute atomic E-state index is 13.8. The van der Waals surface area contributed by atoms with Crippen LogP contribution in [0, 0.1) is 11.6 Å². The van der Waals surface area contributed by atoms with Crippen molar-refractivity contribution in [3.05, 3.63) is 54.1 Å². The van der Waals surface area contributed by atoms with E-state index in [1.54, 1.807) is 7.05 Å². The molecule has 2 aromatic carbocycles. The fourth-order valence-electron chi connectivity index (χ4n) is 2.01. The molecule has 3 aromatic rings. The number of halogens is 2. The Hall–Kier alpha value is -2.76. The van der Waals surface area contributed by atoms with Crippen LogP contribution in [-0.4, -0.2) is 17.0 Å². The fraction of sp³-hybridized carbons (Fsp3) is 0.0667. The van der Waals surface area contributed by atoms with E-state index in [9.17, 15) is 8.78 Å². The monoisotopic (exact) mass is 286 g/mol. The first-order valence-corrected chi connectivity index (χ1v) is 6.34. The summed E-state index contributed by atoms with van der Waals surface area (Å²) >= 11 is 0. The van der Waals surface area contributed by atoms with Gasteiger partial charge in [0, 0.05) is 12.4 Å². The maximum Gasteiger partial charge on any atom is 0.224 e. The molecule has 0 amide bonds. The van der Waals surface area contributed by atoms with Crippen molar-refractivity contribution in [2.75, 3.05) is 17.7 Å². The van der Waals surface area contributed by atoms with E-state index >= 15 is 0 Å². The predicted molar refractivity (Wildman–Crippen MR) is 78.7 cm³/mol. The lowest BCUT2D eigenvalue weighted by atomic mass is 10.2. The van der Waals surface area contributed by atoms with Crippen molar-refractivity contribution in [1.29, 1.82) is 0 Å². The third kappa shape index (κ3) is 2.47. The fourth-order valence-corrected chi connectivity index (χ4v) is 2.01. The number of rotatable bonds is 3. The molecule has 3 rings (SSSR count). The molecule has 0 aliphatic heterocycles. The number of nitrogens with zero attached hydrogens (tertiary/aromatic N) is 2. The number of fused-ring (bicyclic) bond motifs is 1. The summed E-state index contributed by atoms with van der Waals surface area (Å²) in [6.45, 7) is 0. The third-order valence-corrected chi connectivity index (χ3v) is 3.03.